The minimum atomic E-state index is -0.362. The zero-order chi connectivity index (χ0) is 13.8. The molecule has 0 saturated carbocycles. The van der Waals surface area contributed by atoms with Crippen molar-refractivity contribution in [1.29, 1.82) is 0 Å². The molecule has 0 spiro atoms. The van der Waals surface area contributed by atoms with Gasteiger partial charge in [-0.1, -0.05) is 12.1 Å². The Kier molecular flexibility index (Phi) is 3.86. The summed E-state index contributed by atoms with van der Waals surface area (Å²) >= 11 is 0. The smallest absolute Gasteiger partial charge is 0.272 e. The maximum atomic E-state index is 10.8. The lowest BCUT2D eigenvalue weighted by Gasteiger charge is -2.04. The van der Waals surface area contributed by atoms with Crippen molar-refractivity contribution >= 4 is 5.69 Å². The molecule has 0 aliphatic heterocycles. The van der Waals surface area contributed by atoms with E-state index in [1.807, 2.05) is 6.07 Å². The van der Waals surface area contributed by atoms with E-state index in [-0.39, 0.29) is 10.6 Å². The lowest BCUT2D eigenvalue weighted by Crippen LogP contribution is -2.14. The summed E-state index contributed by atoms with van der Waals surface area (Å²) in [5, 5.41) is 18.1. The van der Waals surface area contributed by atoms with Crippen LogP contribution in [0, 0.1) is 17.0 Å². The molecule has 1 aromatic carbocycles. The zero-order valence-electron chi connectivity index (χ0n) is 10.8. The number of rotatable bonds is 5. The van der Waals surface area contributed by atoms with E-state index in [1.54, 1.807) is 37.1 Å². The molecule has 7 nitrogen and oxygen atoms in total. The first-order chi connectivity index (χ1) is 9.06. The Hall–Kier alpha value is -2.28. The number of hydrogen-bond acceptors (Lipinski definition) is 5. The van der Waals surface area contributed by atoms with Gasteiger partial charge in [0, 0.05) is 25.2 Å². The second kappa shape index (κ2) is 5.57. The van der Waals surface area contributed by atoms with Crippen molar-refractivity contribution in [3.8, 4) is 0 Å². The van der Waals surface area contributed by atoms with Gasteiger partial charge in [-0.05, 0) is 12.5 Å². The topological polar surface area (TPSA) is 85.9 Å². The predicted molar refractivity (Wildman–Crippen MR) is 69.4 cm³/mol. The van der Waals surface area contributed by atoms with Crippen LogP contribution in [0.5, 0.6) is 0 Å². The lowest BCUT2D eigenvalue weighted by atomic mass is 10.1. The second-order valence-corrected chi connectivity index (χ2v) is 4.32. The van der Waals surface area contributed by atoms with Crippen molar-refractivity contribution in [3.05, 3.63) is 51.6 Å². The third-order valence-corrected chi connectivity index (χ3v) is 2.73. The van der Waals surface area contributed by atoms with E-state index >= 15 is 0 Å². The first-order valence-corrected chi connectivity index (χ1v) is 5.85. The molecule has 0 radical (unpaired) electrons. The molecule has 0 atom stereocenters. The normalized spacial score (nSPS) is 10.6. The summed E-state index contributed by atoms with van der Waals surface area (Å²) in [5.74, 6) is 0.698. The summed E-state index contributed by atoms with van der Waals surface area (Å²) in [5.41, 5.74) is 1.68. The molecular weight excluding hydrogens is 246 g/mol. The fourth-order valence-electron chi connectivity index (χ4n) is 1.75. The molecule has 19 heavy (non-hydrogen) atoms. The van der Waals surface area contributed by atoms with E-state index in [1.165, 1.54) is 0 Å². The SMILES string of the molecule is Cc1ccc(CNCc2ncn(C)n2)cc1[N+](=O)[O-]. The molecule has 2 rings (SSSR count). The number of nitrogens with one attached hydrogen (secondary N) is 1. The fourth-order valence-corrected chi connectivity index (χ4v) is 1.75. The Labute approximate surface area is 110 Å². The number of hydrogen-bond donors (Lipinski definition) is 1. The second-order valence-electron chi connectivity index (χ2n) is 4.32. The van der Waals surface area contributed by atoms with Gasteiger partial charge in [0.1, 0.15) is 6.33 Å². The van der Waals surface area contributed by atoms with Crippen LogP contribution in [-0.4, -0.2) is 19.7 Å². The van der Waals surface area contributed by atoms with E-state index in [9.17, 15) is 10.1 Å². The molecule has 0 fully saturated rings. The van der Waals surface area contributed by atoms with E-state index in [0.717, 1.165) is 5.56 Å². The highest BCUT2D eigenvalue weighted by molar-refractivity contribution is 5.42. The standard InChI is InChI=1S/C12H15N5O2/c1-9-3-4-10(5-11(9)17(18)19)6-13-7-12-14-8-16(2)15-12/h3-5,8,13H,6-7H2,1-2H3. The van der Waals surface area contributed by atoms with Crippen LogP contribution in [0.2, 0.25) is 0 Å². The van der Waals surface area contributed by atoms with Gasteiger partial charge in [0.25, 0.3) is 5.69 Å². The number of benzene rings is 1. The van der Waals surface area contributed by atoms with Crippen molar-refractivity contribution in [2.75, 3.05) is 0 Å². The number of nitro groups is 1. The molecule has 0 saturated heterocycles. The van der Waals surface area contributed by atoms with E-state index in [4.69, 9.17) is 0 Å². The van der Waals surface area contributed by atoms with E-state index in [2.05, 4.69) is 15.4 Å². The van der Waals surface area contributed by atoms with E-state index < -0.39 is 0 Å². The van der Waals surface area contributed by atoms with Gasteiger partial charge in [0.2, 0.25) is 0 Å². The third kappa shape index (κ3) is 3.35. The van der Waals surface area contributed by atoms with Crippen molar-refractivity contribution in [2.45, 2.75) is 20.0 Å². The van der Waals surface area contributed by atoms with Crippen LogP contribution in [0.15, 0.2) is 24.5 Å². The molecule has 0 amide bonds. The van der Waals surface area contributed by atoms with Crippen molar-refractivity contribution < 1.29 is 4.92 Å². The molecule has 0 bridgehead atoms. The van der Waals surface area contributed by atoms with Crippen molar-refractivity contribution in [1.82, 2.24) is 20.1 Å². The Morgan fingerprint density at radius 2 is 2.21 bits per heavy atom. The van der Waals surface area contributed by atoms with Gasteiger partial charge in [-0.3, -0.25) is 14.8 Å². The molecule has 1 N–H and O–H groups in total. The van der Waals surface area contributed by atoms with Crippen LogP contribution in [-0.2, 0) is 20.1 Å². The number of aryl methyl sites for hydroxylation is 2. The quantitative estimate of drug-likeness (QED) is 0.648. The molecule has 0 aliphatic carbocycles. The van der Waals surface area contributed by atoms with Crippen LogP contribution in [0.3, 0.4) is 0 Å². The highest BCUT2D eigenvalue weighted by Crippen LogP contribution is 2.19. The number of nitrogens with zero attached hydrogens (tertiary/aromatic N) is 4. The largest absolute Gasteiger partial charge is 0.306 e. The average Bonchev–Trinajstić information content (AvgIpc) is 2.77. The molecular formula is C12H15N5O2. The molecule has 7 heteroatoms. The molecule has 1 aromatic heterocycles. The highest BCUT2D eigenvalue weighted by Gasteiger charge is 2.10. The van der Waals surface area contributed by atoms with Crippen molar-refractivity contribution in [2.24, 2.45) is 7.05 Å². The molecule has 0 aliphatic rings. The van der Waals surface area contributed by atoms with Crippen LogP contribution in [0.1, 0.15) is 17.0 Å². The Morgan fingerprint density at radius 1 is 1.42 bits per heavy atom. The maximum Gasteiger partial charge on any atom is 0.272 e. The Bertz CT molecular complexity index is 594. The van der Waals surface area contributed by atoms with Gasteiger partial charge in [-0.25, -0.2) is 4.98 Å². The van der Waals surface area contributed by atoms with Crippen LogP contribution >= 0.6 is 0 Å². The predicted octanol–water partition coefficient (Wildman–Crippen LogP) is 1.32. The summed E-state index contributed by atoms with van der Waals surface area (Å²) in [6.07, 6.45) is 1.63. The minimum absolute atomic E-state index is 0.148. The van der Waals surface area contributed by atoms with Gasteiger partial charge in [-0.2, -0.15) is 5.10 Å². The van der Waals surface area contributed by atoms with Gasteiger partial charge in [-0.15, -0.1) is 0 Å². The monoisotopic (exact) mass is 261 g/mol. The molecule has 2 aromatic rings. The summed E-state index contributed by atoms with van der Waals surface area (Å²) in [4.78, 5) is 14.6. The number of aromatic nitrogens is 3. The summed E-state index contributed by atoms with van der Waals surface area (Å²) in [6.45, 7) is 2.80. The fraction of sp³-hybridized carbons (Fsp3) is 0.333. The average molecular weight is 261 g/mol. The van der Waals surface area contributed by atoms with E-state index in [0.29, 0.717) is 24.5 Å². The summed E-state index contributed by atoms with van der Waals surface area (Å²) in [6, 6.07) is 5.23. The first kappa shape index (κ1) is 13.2. The maximum absolute atomic E-state index is 10.8. The molecule has 0 unspecified atom stereocenters. The van der Waals surface area contributed by atoms with Gasteiger partial charge in [0.05, 0.1) is 11.5 Å². The van der Waals surface area contributed by atoms with Gasteiger partial charge >= 0.3 is 0 Å². The van der Waals surface area contributed by atoms with Gasteiger partial charge < -0.3 is 5.32 Å². The Balaban J connectivity index is 1.96. The highest BCUT2D eigenvalue weighted by atomic mass is 16.6. The van der Waals surface area contributed by atoms with Crippen LogP contribution < -0.4 is 5.32 Å². The molecule has 100 valence electrons. The zero-order valence-corrected chi connectivity index (χ0v) is 10.8. The Morgan fingerprint density at radius 3 is 2.84 bits per heavy atom. The third-order valence-electron chi connectivity index (χ3n) is 2.73. The lowest BCUT2D eigenvalue weighted by molar-refractivity contribution is -0.385. The molecule has 1 heterocycles. The first-order valence-electron chi connectivity index (χ1n) is 5.85. The minimum Gasteiger partial charge on any atom is -0.306 e. The summed E-state index contributed by atoms with van der Waals surface area (Å²) in [7, 11) is 1.81. The number of nitro benzene ring substituents is 1. The van der Waals surface area contributed by atoms with Crippen LogP contribution in [0.25, 0.3) is 0 Å². The summed E-state index contributed by atoms with van der Waals surface area (Å²) < 4.78 is 1.63. The van der Waals surface area contributed by atoms with Gasteiger partial charge in [0.15, 0.2) is 5.82 Å². The van der Waals surface area contributed by atoms with Crippen molar-refractivity contribution in [3.63, 3.8) is 0 Å². The van der Waals surface area contributed by atoms with Crippen LogP contribution in [0.4, 0.5) is 5.69 Å².